The topological polar surface area (TPSA) is 65.5 Å². The molecule has 0 aliphatic heterocycles. The van der Waals surface area contributed by atoms with Crippen LogP contribution in [0.15, 0.2) is 16.6 Å². The lowest BCUT2D eigenvalue weighted by Crippen LogP contribution is -2.42. The Morgan fingerprint density at radius 2 is 1.90 bits per heavy atom. The second-order valence-corrected chi connectivity index (χ2v) is 5.73. The highest BCUT2D eigenvalue weighted by molar-refractivity contribution is 5.80. The summed E-state index contributed by atoms with van der Waals surface area (Å²) in [4.78, 5) is 15.6. The van der Waals surface area contributed by atoms with E-state index in [1.165, 1.54) is 25.7 Å². The van der Waals surface area contributed by atoms with Crippen LogP contribution in [0.1, 0.15) is 46.0 Å². The molecule has 0 aromatic carbocycles. The van der Waals surface area contributed by atoms with Gasteiger partial charge in [-0.2, -0.15) is 0 Å². The lowest BCUT2D eigenvalue weighted by molar-refractivity contribution is -0.123. The van der Waals surface area contributed by atoms with Crippen LogP contribution in [-0.4, -0.2) is 38.5 Å². The second-order valence-electron chi connectivity index (χ2n) is 5.73. The van der Waals surface area contributed by atoms with Gasteiger partial charge in [-0.25, -0.2) is 0 Å². The summed E-state index contributed by atoms with van der Waals surface area (Å²) < 4.78 is 0. The highest BCUT2D eigenvalue weighted by Gasteiger charge is 2.06. The van der Waals surface area contributed by atoms with Crippen LogP contribution in [0.3, 0.4) is 0 Å². The standard InChI is InChI=1S/C16H30N4O/c1-13(2)15(21)18-11-12-20-16(17-3)19-10-9-14-7-5-4-6-8-14/h7,13H,4-6,8-12H2,1-3H3,(H,18,21)(H2,17,19,20). The number of carbonyl (C=O) groups is 1. The van der Waals surface area contributed by atoms with E-state index in [-0.39, 0.29) is 11.8 Å². The molecule has 120 valence electrons. The molecule has 0 radical (unpaired) electrons. The Hall–Kier alpha value is -1.52. The fourth-order valence-electron chi connectivity index (χ4n) is 2.26. The molecule has 0 heterocycles. The fraction of sp³-hybridized carbons (Fsp3) is 0.750. The van der Waals surface area contributed by atoms with Gasteiger partial charge in [0, 0.05) is 32.6 Å². The van der Waals surface area contributed by atoms with E-state index in [0.29, 0.717) is 13.1 Å². The molecular weight excluding hydrogens is 264 g/mol. The van der Waals surface area contributed by atoms with Gasteiger partial charge in [-0.05, 0) is 32.1 Å². The molecule has 0 spiro atoms. The summed E-state index contributed by atoms with van der Waals surface area (Å²) in [5.41, 5.74) is 1.56. The molecule has 0 saturated carbocycles. The molecule has 0 aromatic heterocycles. The molecule has 0 bridgehead atoms. The van der Waals surface area contributed by atoms with Crippen LogP contribution >= 0.6 is 0 Å². The number of allylic oxidation sites excluding steroid dienone is 1. The van der Waals surface area contributed by atoms with Crippen LogP contribution in [0.5, 0.6) is 0 Å². The number of guanidine groups is 1. The third-order valence-corrected chi connectivity index (χ3v) is 3.59. The Labute approximate surface area is 128 Å². The summed E-state index contributed by atoms with van der Waals surface area (Å²) in [6.45, 7) is 5.99. The Morgan fingerprint density at radius 1 is 1.19 bits per heavy atom. The molecule has 1 aliphatic carbocycles. The van der Waals surface area contributed by atoms with Crippen molar-refractivity contribution in [3.63, 3.8) is 0 Å². The molecule has 21 heavy (non-hydrogen) atoms. The number of nitrogens with one attached hydrogen (secondary N) is 3. The summed E-state index contributed by atoms with van der Waals surface area (Å²) in [6, 6.07) is 0. The van der Waals surface area contributed by atoms with Crippen LogP contribution in [0, 0.1) is 5.92 Å². The van der Waals surface area contributed by atoms with Crippen LogP contribution in [0.4, 0.5) is 0 Å². The fourth-order valence-corrected chi connectivity index (χ4v) is 2.26. The first-order valence-electron chi connectivity index (χ1n) is 8.03. The van der Waals surface area contributed by atoms with Crippen molar-refractivity contribution < 1.29 is 4.79 Å². The summed E-state index contributed by atoms with van der Waals surface area (Å²) in [6.07, 6.45) is 8.61. The highest BCUT2D eigenvalue weighted by atomic mass is 16.1. The maximum atomic E-state index is 11.4. The molecule has 5 nitrogen and oxygen atoms in total. The van der Waals surface area contributed by atoms with E-state index in [0.717, 1.165) is 18.9 Å². The predicted molar refractivity (Wildman–Crippen MR) is 88.4 cm³/mol. The van der Waals surface area contributed by atoms with E-state index in [1.807, 2.05) is 13.8 Å². The van der Waals surface area contributed by atoms with Crippen LogP contribution in [-0.2, 0) is 4.79 Å². The van der Waals surface area contributed by atoms with Crippen LogP contribution in [0.25, 0.3) is 0 Å². The van der Waals surface area contributed by atoms with Crippen molar-refractivity contribution in [1.82, 2.24) is 16.0 Å². The van der Waals surface area contributed by atoms with E-state index in [2.05, 4.69) is 27.0 Å². The van der Waals surface area contributed by atoms with Gasteiger partial charge < -0.3 is 16.0 Å². The second kappa shape index (κ2) is 10.2. The van der Waals surface area contributed by atoms with Crippen molar-refractivity contribution in [2.45, 2.75) is 46.0 Å². The Bertz CT molecular complexity index is 374. The van der Waals surface area contributed by atoms with Crippen molar-refractivity contribution in [1.29, 1.82) is 0 Å². The predicted octanol–water partition coefficient (Wildman–Crippen LogP) is 1.81. The lowest BCUT2D eigenvalue weighted by atomic mass is 9.97. The van der Waals surface area contributed by atoms with Crippen molar-refractivity contribution in [3.8, 4) is 0 Å². The molecule has 0 fully saturated rings. The van der Waals surface area contributed by atoms with Gasteiger partial charge in [-0.3, -0.25) is 9.79 Å². The minimum atomic E-state index is 0.0335. The minimum absolute atomic E-state index is 0.0335. The van der Waals surface area contributed by atoms with Crippen molar-refractivity contribution in [3.05, 3.63) is 11.6 Å². The smallest absolute Gasteiger partial charge is 0.222 e. The maximum absolute atomic E-state index is 11.4. The van der Waals surface area contributed by atoms with E-state index < -0.39 is 0 Å². The summed E-state index contributed by atoms with van der Waals surface area (Å²) >= 11 is 0. The number of nitrogens with zero attached hydrogens (tertiary/aromatic N) is 1. The van der Waals surface area contributed by atoms with Crippen molar-refractivity contribution in [2.75, 3.05) is 26.7 Å². The summed E-state index contributed by atoms with van der Waals surface area (Å²) in [5.74, 6) is 0.917. The number of amides is 1. The first-order chi connectivity index (χ1) is 10.1. The third kappa shape index (κ3) is 7.73. The van der Waals surface area contributed by atoms with Gasteiger partial charge in [0.2, 0.25) is 5.91 Å². The minimum Gasteiger partial charge on any atom is -0.356 e. The van der Waals surface area contributed by atoms with Gasteiger partial charge in [0.15, 0.2) is 5.96 Å². The number of rotatable bonds is 7. The van der Waals surface area contributed by atoms with E-state index >= 15 is 0 Å². The SMILES string of the molecule is CN=C(NCCNC(=O)C(C)C)NCCC1=CCCCC1. The van der Waals surface area contributed by atoms with Gasteiger partial charge in [-0.1, -0.05) is 25.5 Å². The molecule has 0 unspecified atom stereocenters. The van der Waals surface area contributed by atoms with Crippen molar-refractivity contribution in [2.24, 2.45) is 10.9 Å². The van der Waals surface area contributed by atoms with Crippen LogP contribution in [0.2, 0.25) is 0 Å². The van der Waals surface area contributed by atoms with Crippen LogP contribution < -0.4 is 16.0 Å². The molecule has 1 rings (SSSR count). The first kappa shape index (κ1) is 17.5. The number of hydrogen-bond acceptors (Lipinski definition) is 2. The van der Waals surface area contributed by atoms with E-state index in [9.17, 15) is 4.79 Å². The Morgan fingerprint density at radius 3 is 2.52 bits per heavy atom. The number of aliphatic imine (C=N–C) groups is 1. The zero-order valence-electron chi connectivity index (χ0n) is 13.7. The first-order valence-corrected chi connectivity index (χ1v) is 8.03. The summed E-state index contributed by atoms with van der Waals surface area (Å²) in [7, 11) is 1.77. The Kier molecular flexibility index (Phi) is 8.55. The van der Waals surface area contributed by atoms with Crippen molar-refractivity contribution >= 4 is 11.9 Å². The monoisotopic (exact) mass is 294 g/mol. The maximum Gasteiger partial charge on any atom is 0.222 e. The molecular formula is C16H30N4O. The zero-order valence-corrected chi connectivity index (χ0v) is 13.7. The lowest BCUT2D eigenvalue weighted by Gasteiger charge is -2.15. The van der Waals surface area contributed by atoms with Gasteiger partial charge in [0.25, 0.3) is 0 Å². The molecule has 0 saturated heterocycles. The van der Waals surface area contributed by atoms with Gasteiger partial charge in [0.05, 0.1) is 0 Å². The highest BCUT2D eigenvalue weighted by Crippen LogP contribution is 2.19. The molecule has 3 N–H and O–H groups in total. The van der Waals surface area contributed by atoms with Gasteiger partial charge in [0.1, 0.15) is 0 Å². The molecule has 1 amide bonds. The Balaban J connectivity index is 2.11. The van der Waals surface area contributed by atoms with E-state index in [1.54, 1.807) is 12.6 Å². The normalized spacial score (nSPS) is 15.6. The van der Waals surface area contributed by atoms with Gasteiger partial charge >= 0.3 is 0 Å². The molecule has 0 atom stereocenters. The van der Waals surface area contributed by atoms with Gasteiger partial charge in [-0.15, -0.1) is 0 Å². The van der Waals surface area contributed by atoms with E-state index in [4.69, 9.17) is 0 Å². The summed E-state index contributed by atoms with van der Waals surface area (Å²) in [5, 5.41) is 9.40. The molecule has 0 aromatic rings. The quantitative estimate of drug-likeness (QED) is 0.290. The zero-order chi connectivity index (χ0) is 15.5. The third-order valence-electron chi connectivity index (χ3n) is 3.59. The average molecular weight is 294 g/mol. The average Bonchev–Trinajstić information content (AvgIpc) is 2.50. The largest absolute Gasteiger partial charge is 0.356 e. The number of carbonyl (C=O) groups excluding carboxylic acids is 1. The molecule has 1 aliphatic rings. The number of hydrogen-bond donors (Lipinski definition) is 3. The molecule has 5 heteroatoms.